The number of nitrogens with two attached hydrogens (primary N) is 1. The molecule has 1 saturated heterocycles. The third-order valence-electron chi connectivity index (χ3n) is 3.01. The summed E-state index contributed by atoms with van der Waals surface area (Å²) in [4.78, 5) is 23.9. The molecule has 0 saturated carbocycles. The predicted octanol–water partition coefficient (Wildman–Crippen LogP) is 1.54. The van der Waals surface area contributed by atoms with Gasteiger partial charge < -0.3 is 10.6 Å². The van der Waals surface area contributed by atoms with E-state index in [0.29, 0.717) is 0 Å². The maximum absolute atomic E-state index is 12.6. The van der Waals surface area contributed by atoms with Crippen LogP contribution in [0.1, 0.15) is 12.0 Å². The highest BCUT2D eigenvalue weighted by atomic mass is 19.4. The average Bonchev–Trinajstić information content (AvgIpc) is 2.71. The van der Waals surface area contributed by atoms with Crippen molar-refractivity contribution in [2.75, 3.05) is 11.4 Å². The minimum atomic E-state index is -4.47. The number of hydrogen-bond donors (Lipinski definition) is 1. The summed E-state index contributed by atoms with van der Waals surface area (Å²) in [7, 11) is 0. The molecule has 102 valence electrons. The first kappa shape index (κ1) is 13.4. The minimum absolute atomic E-state index is 0.0233. The summed E-state index contributed by atoms with van der Waals surface area (Å²) in [6.45, 7) is 0.0233. The van der Waals surface area contributed by atoms with Gasteiger partial charge in [-0.2, -0.15) is 13.2 Å². The Morgan fingerprint density at radius 2 is 2.05 bits per heavy atom. The largest absolute Gasteiger partial charge is 0.416 e. The number of primary amides is 1. The van der Waals surface area contributed by atoms with E-state index in [0.717, 1.165) is 17.0 Å². The second-order valence-electron chi connectivity index (χ2n) is 4.36. The molecule has 1 atom stereocenters. The molecule has 0 spiro atoms. The van der Waals surface area contributed by atoms with E-state index in [-0.39, 0.29) is 18.7 Å². The Hall–Kier alpha value is -2.05. The van der Waals surface area contributed by atoms with E-state index in [2.05, 4.69) is 0 Å². The van der Waals surface area contributed by atoms with E-state index in [1.807, 2.05) is 0 Å². The molecular weight excluding hydrogens is 261 g/mol. The van der Waals surface area contributed by atoms with Crippen LogP contribution >= 0.6 is 0 Å². The standard InChI is InChI=1S/C12H11F3N2O2/c13-12(14,15)8-2-1-3-9(5-8)17-6-7(11(16)19)4-10(17)18/h1-3,5,7H,4,6H2,(H2,16,19)/t7-/m0/s1. The molecule has 2 rings (SSSR count). The number of halogens is 3. The predicted molar refractivity (Wildman–Crippen MR) is 61.1 cm³/mol. The van der Waals surface area contributed by atoms with Crippen molar-refractivity contribution in [1.82, 2.24) is 0 Å². The fourth-order valence-electron chi connectivity index (χ4n) is 2.00. The van der Waals surface area contributed by atoms with Gasteiger partial charge in [0.15, 0.2) is 0 Å². The van der Waals surface area contributed by atoms with Crippen molar-refractivity contribution in [3.8, 4) is 0 Å². The molecule has 1 aliphatic heterocycles. The van der Waals surface area contributed by atoms with Crippen LogP contribution in [0, 0.1) is 5.92 Å². The van der Waals surface area contributed by atoms with Gasteiger partial charge in [0.25, 0.3) is 0 Å². The summed E-state index contributed by atoms with van der Waals surface area (Å²) >= 11 is 0. The van der Waals surface area contributed by atoms with Crippen molar-refractivity contribution < 1.29 is 22.8 Å². The summed E-state index contributed by atoms with van der Waals surface area (Å²) < 4.78 is 37.7. The molecule has 1 aromatic rings. The van der Waals surface area contributed by atoms with Gasteiger partial charge >= 0.3 is 6.18 Å². The fraction of sp³-hybridized carbons (Fsp3) is 0.333. The molecule has 1 aromatic carbocycles. The number of benzene rings is 1. The van der Waals surface area contributed by atoms with Crippen LogP contribution in [-0.4, -0.2) is 18.4 Å². The molecule has 2 N–H and O–H groups in total. The van der Waals surface area contributed by atoms with Gasteiger partial charge in [-0.25, -0.2) is 0 Å². The number of alkyl halides is 3. The van der Waals surface area contributed by atoms with Crippen molar-refractivity contribution >= 4 is 17.5 Å². The zero-order valence-electron chi connectivity index (χ0n) is 9.78. The highest BCUT2D eigenvalue weighted by Gasteiger charge is 2.35. The Balaban J connectivity index is 2.28. The molecule has 1 heterocycles. The van der Waals surface area contributed by atoms with Crippen molar-refractivity contribution in [2.45, 2.75) is 12.6 Å². The Labute approximate surface area is 107 Å². The van der Waals surface area contributed by atoms with Crippen LogP contribution in [0.4, 0.5) is 18.9 Å². The van der Waals surface area contributed by atoms with E-state index >= 15 is 0 Å². The Morgan fingerprint density at radius 1 is 1.37 bits per heavy atom. The monoisotopic (exact) mass is 272 g/mol. The van der Waals surface area contributed by atoms with Gasteiger partial charge in [-0.05, 0) is 18.2 Å². The number of anilines is 1. The van der Waals surface area contributed by atoms with E-state index in [4.69, 9.17) is 5.73 Å². The lowest BCUT2D eigenvalue weighted by molar-refractivity contribution is -0.137. The lowest BCUT2D eigenvalue weighted by Crippen LogP contribution is -2.28. The summed E-state index contributed by atoms with van der Waals surface area (Å²) in [5.41, 5.74) is 4.40. The number of rotatable bonds is 2. The average molecular weight is 272 g/mol. The van der Waals surface area contributed by atoms with Crippen LogP contribution < -0.4 is 10.6 Å². The van der Waals surface area contributed by atoms with Gasteiger partial charge in [0.1, 0.15) is 0 Å². The van der Waals surface area contributed by atoms with Crippen LogP contribution in [-0.2, 0) is 15.8 Å². The van der Waals surface area contributed by atoms with Gasteiger partial charge in [0.2, 0.25) is 11.8 Å². The summed E-state index contributed by atoms with van der Waals surface area (Å²) in [6, 6.07) is 4.44. The summed E-state index contributed by atoms with van der Waals surface area (Å²) in [5, 5.41) is 0. The fourth-order valence-corrected chi connectivity index (χ4v) is 2.00. The lowest BCUT2D eigenvalue weighted by atomic mass is 10.1. The van der Waals surface area contributed by atoms with Crippen LogP contribution in [0.25, 0.3) is 0 Å². The molecule has 0 aliphatic carbocycles. The van der Waals surface area contributed by atoms with Crippen molar-refractivity contribution in [3.63, 3.8) is 0 Å². The van der Waals surface area contributed by atoms with E-state index in [1.54, 1.807) is 0 Å². The van der Waals surface area contributed by atoms with Crippen molar-refractivity contribution in [1.29, 1.82) is 0 Å². The highest BCUT2D eigenvalue weighted by molar-refractivity contribution is 6.00. The number of amides is 2. The number of hydrogen-bond acceptors (Lipinski definition) is 2. The summed E-state index contributed by atoms with van der Waals surface area (Å²) in [5.74, 6) is -1.67. The quantitative estimate of drug-likeness (QED) is 0.887. The first-order chi connectivity index (χ1) is 8.79. The van der Waals surface area contributed by atoms with Crippen LogP contribution in [0.5, 0.6) is 0 Å². The van der Waals surface area contributed by atoms with Crippen LogP contribution in [0.15, 0.2) is 24.3 Å². The van der Waals surface area contributed by atoms with Crippen molar-refractivity contribution in [2.24, 2.45) is 11.7 Å². The number of carbonyl (C=O) groups excluding carboxylic acids is 2. The van der Waals surface area contributed by atoms with Gasteiger partial charge in [-0.1, -0.05) is 6.07 Å². The number of nitrogens with zero attached hydrogens (tertiary/aromatic N) is 1. The maximum Gasteiger partial charge on any atom is 0.416 e. The molecule has 0 unspecified atom stereocenters. The maximum atomic E-state index is 12.6. The minimum Gasteiger partial charge on any atom is -0.369 e. The zero-order chi connectivity index (χ0) is 14.2. The molecule has 1 aliphatic rings. The molecule has 1 fully saturated rings. The molecule has 0 aromatic heterocycles. The second kappa shape index (κ2) is 4.56. The normalized spacial score (nSPS) is 19.8. The van der Waals surface area contributed by atoms with E-state index in [9.17, 15) is 22.8 Å². The molecule has 2 amide bonds. The van der Waals surface area contributed by atoms with Gasteiger partial charge in [0.05, 0.1) is 11.5 Å². The zero-order valence-corrected chi connectivity index (χ0v) is 9.78. The van der Waals surface area contributed by atoms with Gasteiger partial charge in [0, 0.05) is 18.7 Å². The SMILES string of the molecule is NC(=O)[C@H]1CC(=O)N(c2cccc(C(F)(F)F)c2)C1. The smallest absolute Gasteiger partial charge is 0.369 e. The topological polar surface area (TPSA) is 63.4 Å². The first-order valence-electron chi connectivity index (χ1n) is 5.56. The second-order valence-corrected chi connectivity index (χ2v) is 4.36. The third-order valence-corrected chi connectivity index (χ3v) is 3.01. The van der Waals surface area contributed by atoms with Crippen LogP contribution in [0.3, 0.4) is 0 Å². The Kier molecular flexibility index (Phi) is 3.21. The van der Waals surface area contributed by atoms with Crippen molar-refractivity contribution in [3.05, 3.63) is 29.8 Å². The molecule has 7 heteroatoms. The van der Waals surface area contributed by atoms with Crippen LogP contribution in [0.2, 0.25) is 0 Å². The third kappa shape index (κ3) is 2.69. The first-order valence-corrected chi connectivity index (χ1v) is 5.56. The lowest BCUT2D eigenvalue weighted by Gasteiger charge is -2.17. The van der Waals surface area contributed by atoms with E-state index < -0.39 is 29.5 Å². The molecule has 4 nitrogen and oxygen atoms in total. The molecular formula is C12H11F3N2O2. The highest BCUT2D eigenvalue weighted by Crippen LogP contribution is 2.33. The molecule has 0 radical (unpaired) electrons. The molecule has 0 bridgehead atoms. The van der Waals surface area contributed by atoms with Gasteiger partial charge in [-0.15, -0.1) is 0 Å². The van der Waals surface area contributed by atoms with E-state index in [1.165, 1.54) is 12.1 Å². The van der Waals surface area contributed by atoms with Gasteiger partial charge in [-0.3, -0.25) is 9.59 Å². The number of carbonyl (C=O) groups is 2. The summed E-state index contributed by atoms with van der Waals surface area (Å²) in [6.07, 6.45) is -4.53. The molecule has 19 heavy (non-hydrogen) atoms. The Morgan fingerprint density at radius 3 is 2.58 bits per heavy atom. The Bertz CT molecular complexity index is 528.